The predicted octanol–water partition coefficient (Wildman–Crippen LogP) is 18.8. The highest BCUT2D eigenvalue weighted by Gasteiger charge is 2.21. The van der Waals surface area contributed by atoms with Crippen LogP contribution in [0.1, 0.15) is 68.7 Å². The van der Waals surface area contributed by atoms with Gasteiger partial charge in [0.1, 0.15) is 0 Å². The van der Waals surface area contributed by atoms with E-state index < -0.39 is 0 Å². The Kier molecular flexibility index (Phi) is 12.6. The van der Waals surface area contributed by atoms with Gasteiger partial charge in [0.2, 0.25) is 0 Å². The van der Waals surface area contributed by atoms with Crippen molar-refractivity contribution in [2.75, 3.05) is 4.90 Å². The number of fused-ring (bicyclic) bond motifs is 6. The molecule has 0 fully saturated rings. The van der Waals surface area contributed by atoms with Crippen molar-refractivity contribution in [3.8, 4) is 33.6 Å². The minimum Gasteiger partial charge on any atom is -0.310 e. The van der Waals surface area contributed by atoms with E-state index in [2.05, 4.69) is 256 Å². The molecule has 0 amide bonds. The van der Waals surface area contributed by atoms with Gasteiger partial charge in [-0.2, -0.15) is 0 Å². The number of para-hydroxylation sites is 3. The molecule has 11 rings (SSSR count). The largest absolute Gasteiger partial charge is 0.310 e. The van der Waals surface area contributed by atoms with Crippen LogP contribution in [0.25, 0.3) is 77.2 Å². The Labute approximate surface area is 402 Å². The second-order valence-electron chi connectivity index (χ2n) is 18.4. The second-order valence-corrected chi connectivity index (χ2v) is 18.4. The molecule has 2 aromatic heterocycles. The summed E-state index contributed by atoms with van der Waals surface area (Å²) < 4.78 is 4.89. The van der Waals surface area contributed by atoms with Gasteiger partial charge in [-0.3, -0.25) is 0 Å². The van der Waals surface area contributed by atoms with Gasteiger partial charge in [-0.15, -0.1) is 0 Å². The Morgan fingerprint density at radius 3 is 1.32 bits per heavy atom. The topological polar surface area (TPSA) is 13.1 Å². The molecule has 0 aliphatic carbocycles. The number of hydrogen-bond acceptors (Lipinski definition) is 1. The number of benzene rings is 9. The lowest BCUT2D eigenvalue weighted by Crippen LogP contribution is -2.09. The van der Waals surface area contributed by atoms with E-state index >= 15 is 0 Å². The first-order valence-corrected chi connectivity index (χ1v) is 24.7. The van der Waals surface area contributed by atoms with Crippen molar-refractivity contribution in [3.05, 3.63) is 222 Å². The van der Waals surface area contributed by atoms with Gasteiger partial charge in [0.15, 0.2) is 0 Å². The summed E-state index contributed by atoms with van der Waals surface area (Å²) in [5, 5.41) is 4.91. The molecule has 11 aromatic rings. The average molecular weight is 884 g/mol. The highest BCUT2D eigenvalue weighted by molar-refractivity contribution is 6.12. The van der Waals surface area contributed by atoms with Crippen LogP contribution in [0.4, 0.5) is 17.1 Å². The van der Waals surface area contributed by atoms with Gasteiger partial charge < -0.3 is 14.0 Å². The molecule has 0 saturated heterocycles. The second kappa shape index (κ2) is 19.3. The fraction of sp³-hybridized carbons (Fsp3) is 0.169. The van der Waals surface area contributed by atoms with Crippen LogP contribution in [-0.2, 0) is 6.42 Å². The smallest absolute Gasteiger partial charge is 0.0542 e. The molecule has 0 aliphatic rings. The maximum atomic E-state index is 2.45. The van der Waals surface area contributed by atoms with Crippen LogP contribution in [0.2, 0.25) is 0 Å². The molecule has 0 saturated carbocycles. The van der Waals surface area contributed by atoms with E-state index in [1.165, 1.54) is 113 Å². The van der Waals surface area contributed by atoms with Crippen molar-refractivity contribution in [1.29, 1.82) is 0 Å². The lowest BCUT2D eigenvalue weighted by Gasteiger charge is -2.26. The molecule has 0 bridgehead atoms. The molecule has 68 heavy (non-hydrogen) atoms. The summed E-state index contributed by atoms with van der Waals surface area (Å²) in [4.78, 5) is 2.41. The average Bonchev–Trinajstić information content (AvgIpc) is 3.88. The van der Waals surface area contributed by atoms with Crippen LogP contribution in [0.5, 0.6) is 0 Å². The van der Waals surface area contributed by atoms with Crippen molar-refractivity contribution < 1.29 is 0 Å². The summed E-state index contributed by atoms with van der Waals surface area (Å²) in [6, 6.07) is 73.9. The van der Waals surface area contributed by atoms with E-state index in [0.717, 1.165) is 35.6 Å². The van der Waals surface area contributed by atoms with Gasteiger partial charge in [0.05, 0.1) is 22.1 Å². The normalized spacial score (nSPS) is 11.4. The van der Waals surface area contributed by atoms with Gasteiger partial charge in [0.25, 0.3) is 0 Å². The Morgan fingerprint density at radius 1 is 0.338 bits per heavy atom. The lowest BCUT2D eigenvalue weighted by atomic mass is 9.93. The molecular weight excluding hydrogens is 823 g/mol. The number of hydrogen-bond donors (Lipinski definition) is 0. The monoisotopic (exact) mass is 883 g/mol. The fourth-order valence-electron chi connectivity index (χ4n) is 10.4. The number of nitrogens with zero attached hydrogens (tertiary/aromatic N) is 3. The summed E-state index contributed by atoms with van der Waals surface area (Å²) in [7, 11) is 0. The van der Waals surface area contributed by atoms with Gasteiger partial charge in [-0.05, 0) is 157 Å². The molecule has 0 aliphatic heterocycles. The highest BCUT2D eigenvalue weighted by atomic mass is 15.1. The predicted molar refractivity (Wildman–Crippen MR) is 294 cm³/mol. The summed E-state index contributed by atoms with van der Waals surface area (Å²) in [5.41, 5.74) is 20.8. The summed E-state index contributed by atoms with van der Waals surface area (Å²) in [5.74, 6) is 0. The van der Waals surface area contributed by atoms with E-state index in [9.17, 15) is 0 Å². The third-order valence-electron chi connectivity index (χ3n) is 13.8. The number of aromatic nitrogens is 2. The van der Waals surface area contributed by atoms with Crippen molar-refractivity contribution in [3.63, 3.8) is 0 Å². The van der Waals surface area contributed by atoms with E-state index in [1.54, 1.807) is 0 Å². The molecule has 0 N–H and O–H groups in total. The molecule has 2 heterocycles. The van der Waals surface area contributed by atoms with Crippen LogP contribution >= 0.6 is 0 Å². The van der Waals surface area contributed by atoms with E-state index in [4.69, 9.17) is 0 Å². The zero-order chi connectivity index (χ0) is 46.7. The number of anilines is 3. The molecule has 0 radical (unpaired) electrons. The number of aryl methyl sites for hydroxylation is 4. The Balaban J connectivity index is 0.00000103. The molecule has 3 heteroatoms. The van der Waals surface area contributed by atoms with Crippen LogP contribution in [0.3, 0.4) is 0 Å². The molecule has 0 spiro atoms. The first kappa shape index (κ1) is 44.2. The van der Waals surface area contributed by atoms with Crippen molar-refractivity contribution in [1.82, 2.24) is 9.13 Å². The van der Waals surface area contributed by atoms with Gasteiger partial charge >= 0.3 is 0 Å². The van der Waals surface area contributed by atoms with Crippen molar-refractivity contribution in [2.45, 2.75) is 73.6 Å². The zero-order valence-electron chi connectivity index (χ0n) is 40.4. The molecule has 0 unspecified atom stereocenters. The summed E-state index contributed by atoms with van der Waals surface area (Å²) in [6.45, 7) is 13.3. The fourth-order valence-corrected chi connectivity index (χ4v) is 10.4. The summed E-state index contributed by atoms with van der Waals surface area (Å²) in [6.07, 6.45) is 6.22. The van der Waals surface area contributed by atoms with Crippen molar-refractivity contribution in [2.24, 2.45) is 0 Å². The first-order chi connectivity index (χ1) is 33.4. The maximum absolute atomic E-state index is 2.45. The quantitative estimate of drug-likeness (QED) is 0.126. The zero-order valence-corrected chi connectivity index (χ0v) is 40.4. The molecule has 336 valence electrons. The summed E-state index contributed by atoms with van der Waals surface area (Å²) >= 11 is 0. The standard InChI is InChI=1S/C60H49N3.C5H12/c1-5-17-43-29-31-48(37-54(43)50-23-12-10-19-41(50)3)63-58-27-16-14-25-52(58)56-39-46(33-35-60(56)63)61(44-20-7-6-8-21-44)45-32-34-59-55(38-45)51-24-13-15-26-57(51)62(59)47-30-28-42(4)53(36-47)49-22-11-9-18-40(49)2;1-3-5-4-2/h6-16,18-39H,5,17H2,1-4H3;3-5H2,1-2H3. The lowest BCUT2D eigenvalue weighted by molar-refractivity contribution is 0.772. The minimum atomic E-state index is 1.04. The van der Waals surface area contributed by atoms with Crippen molar-refractivity contribution >= 4 is 60.7 Å². The molecule has 3 nitrogen and oxygen atoms in total. The highest BCUT2D eigenvalue weighted by Crippen LogP contribution is 2.43. The Morgan fingerprint density at radius 2 is 0.794 bits per heavy atom. The third-order valence-corrected chi connectivity index (χ3v) is 13.8. The molecule has 9 aromatic carbocycles. The minimum absolute atomic E-state index is 1.04. The maximum Gasteiger partial charge on any atom is 0.0542 e. The van der Waals surface area contributed by atoms with Gasteiger partial charge in [-0.25, -0.2) is 0 Å². The van der Waals surface area contributed by atoms with E-state index in [1.807, 2.05) is 0 Å². The van der Waals surface area contributed by atoms with Gasteiger partial charge in [0, 0.05) is 50.0 Å². The van der Waals surface area contributed by atoms with Crippen LogP contribution in [0, 0.1) is 20.8 Å². The SMILES string of the molecule is CCCCC.CCCc1ccc(-n2c3ccccc3c3cc(N(c4ccccc4)c4ccc5c(c4)c4ccccc4n5-c4ccc(C)c(-c5ccccc5C)c4)ccc32)cc1-c1ccccc1C. The number of rotatable bonds is 11. The Hall–Kier alpha value is -7.62. The van der Waals surface area contributed by atoms with E-state index in [0.29, 0.717) is 0 Å². The first-order valence-electron chi connectivity index (χ1n) is 24.7. The molecule has 0 atom stereocenters. The van der Waals surface area contributed by atoms with Crippen LogP contribution in [-0.4, -0.2) is 9.13 Å². The number of unbranched alkanes of at least 4 members (excludes halogenated alkanes) is 2. The Bertz CT molecular complexity index is 3570. The molecular formula is C65H61N3. The third kappa shape index (κ3) is 8.17. The van der Waals surface area contributed by atoms with Gasteiger partial charge in [-0.1, -0.05) is 162 Å². The van der Waals surface area contributed by atoms with Crippen LogP contribution < -0.4 is 4.90 Å². The van der Waals surface area contributed by atoms with E-state index in [-0.39, 0.29) is 0 Å². The van der Waals surface area contributed by atoms with Crippen LogP contribution in [0.15, 0.2) is 200 Å².